The summed E-state index contributed by atoms with van der Waals surface area (Å²) in [6, 6.07) is 8.83. The molecule has 0 radical (unpaired) electrons. The second-order valence-electron chi connectivity index (χ2n) is 5.05. The van der Waals surface area contributed by atoms with Crippen molar-refractivity contribution in [3.05, 3.63) is 29.8 Å². The van der Waals surface area contributed by atoms with Gasteiger partial charge in [0.2, 0.25) is 0 Å². The molecule has 0 bridgehead atoms. The van der Waals surface area contributed by atoms with Crippen LogP contribution in [0.3, 0.4) is 0 Å². The van der Waals surface area contributed by atoms with Gasteiger partial charge in [0.15, 0.2) is 0 Å². The summed E-state index contributed by atoms with van der Waals surface area (Å²) in [4.78, 5) is 0. The standard InChI is InChI=1S/C15H23NO/c1-4-7-11(2)15(16-3)14-10-12-8-5-6-9-13(12)17-14/h5-6,8-9,11,14-16H,4,7,10H2,1-3H3. The van der Waals surface area contributed by atoms with Crippen molar-refractivity contribution in [1.82, 2.24) is 5.32 Å². The molecule has 17 heavy (non-hydrogen) atoms. The molecular formula is C15H23NO. The highest BCUT2D eigenvalue weighted by atomic mass is 16.5. The fraction of sp³-hybridized carbons (Fsp3) is 0.600. The molecule has 1 N–H and O–H groups in total. The van der Waals surface area contributed by atoms with Crippen LogP contribution in [0.1, 0.15) is 32.3 Å². The topological polar surface area (TPSA) is 21.3 Å². The van der Waals surface area contributed by atoms with Crippen molar-refractivity contribution in [2.24, 2.45) is 5.92 Å². The lowest BCUT2D eigenvalue weighted by atomic mass is 9.91. The van der Waals surface area contributed by atoms with Crippen LogP contribution in [0.25, 0.3) is 0 Å². The lowest BCUT2D eigenvalue weighted by Crippen LogP contribution is -2.45. The van der Waals surface area contributed by atoms with Crippen LogP contribution in [-0.4, -0.2) is 19.2 Å². The second-order valence-corrected chi connectivity index (χ2v) is 5.05. The van der Waals surface area contributed by atoms with Crippen LogP contribution in [0.2, 0.25) is 0 Å². The molecule has 0 saturated heterocycles. The zero-order valence-corrected chi connectivity index (χ0v) is 11.1. The zero-order chi connectivity index (χ0) is 12.3. The molecule has 1 heterocycles. The van der Waals surface area contributed by atoms with Gasteiger partial charge >= 0.3 is 0 Å². The molecule has 2 nitrogen and oxygen atoms in total. The number of rotatable bonds is 5. The second kappa shape index (κ2) is 5.54. The van der Waals surface area contributed by atoms with Crippen molar-refractivity contribution < 1.29 is 4.74 Å². The van der Waals surface area contributed by atoms with Crippen LogP contribution < -0.4 is 10.1 Å². The third kappa shape index (κ3) is 2.63. The summed E-state index contributed by atoms with van der Waals surface area (Å²) in [5.41, 5.74) is 1.35. The van der Waals surface area contributed by atoms with Gasteiger partial charge in [-0.2, -0.15) is 0 Å². The number of para-hydroxylation sites is 1. The number of hydrogen-bond acceptors (Lipinski definition) is 2. The summed E-state index contributed by atoms with van der Waals surface area (Å²) < 4.78 is 6.06. The Morgan fingerprint density at radius 3 is 2.82 bits per heavy atom. The first-order valence-electron chi connectivity index (χ1n) is 6.68. The first-order chi connectivity index (χ1) is 8.26. The highest BCUT2D eigenvalue weighted by molar-refractivity contribution is 5.37. The smallest absolute Gasteiger partial charge is 0.123 e. The van der Waals surface area contributed by atoms with Crippen LogP contribution in [0.15, 0.2) is 24.3 Å². The van der Waals surface area contributed by atoms with Crippen LogP contribution in [0.5, 0.6) is 5.75 Å². The minimum atomic E-state index is 0.291. The molecular weight excluding hydrogens is 210 g/mol. The van der Waals surface area contributed by atoms with Gasteiger partial charge in [-0.1, -0.05) is 38.5 Å². The summed E-state index contributed by atoms with van der Waals surface area (Å²) in [5, 5.41) is 3.44. The van der Waals surface area contributed by atoms with Gasteiger partial charge in [0.05, 0.1) is 0 Å². The van der Waals surface area contributed by atoms with Crippen LogP contribution >= 0.6 is 0 Å². The summed E-state index contributed by atoms with van der Waals surface area (Å²) in [6.07, 6.45) is 3.81. The molecule has 2 rings (SSSR count). The molecule has 1 aromatic carbocycles. The fourth-order valence-electron chi connectivity index (χ4n) is 2.88. The van der Waals surface area contributed by atoms with Gasteiger partial charge < -0.3 is 10.1 Å². The highest BCUT2D eigenvalue weighted by Crippen LogP contribution is 2.31. The van der Waals surface area contributed by atoms with Gasteiger partial charge in [0.1, 0.15) is 11.9 Å². The molecule has 0 amide bonds. The number of likely N-dealkylation sites (N-methyl/N-ethyl adjacent to an activating group) is 1. The monoisotopic (exact) mass is 233 g/mol. The lowest BCUT2D eigenvalue weighted by molar-refractivity contribution is 0.146. The lowest BCUT2D eigenvalue weighted by Gasteiger charge is -2.28. The molecule has 0 spiro atoms. The average molecular weight is 233 g/mol. The number of ether oxygens (including phenoxy) is 1. The maximum Gasteiger partial charge on any atom is 0.123 e. The van der Waals surface area contributed by atoms with E-state index in [1.165, 1.54) is 18.4 Å². The Kier molecular flexibility index (Phi) is 4.06. The first-order valence-corrected chi connectivity index (χ1v) is 6.68. The van der Waals surface area contributed by atoms with Gasteiger partial charge in [0, 0.05) is 12.5 Å². The fourth-order valence-corrected chi connectivity index (χ4v) is 2.88. The Morgan fingerprint density at radius 1 is 1.41 bits per heavy atom. The number of benzene rings is 1. The highest BCUT2D eigenvalue weighted by Gasteiger charge is 2.32. The van der Waals surface area contributed by atoms with Crippen molar-refractivity contribution in [2.45, 2.75) is 45.3 Å². The molecule has 2 heteroatoms. The first kappa shape index (κ1) is 12.4. The van der Waals surface area contributed by atoms with E-state index in [0.29, 0.717) is 18.1 Å². The number of nitrogens with one attached hydrogen (secondary N) is 1. The van der Waals surface area contributed by atoms with E-state index in [1.54, 1.807) is 0 Å². The van der Waals surface area contributed by atoms with E-state index in [0.717, 1.165) is 12.2 Å². The van der Waals surface area contributed by atoms with Crippen molar-refractivity contribution >= 4 is 0 Å². The molecule has 1 aliphatic heterocycles. The van der Waals surface area contributed by atoms with Crippen LogP contribution in [-0.2, 0) is 6.42 Å². The largest absolute Gasteiger partial charge is 0.488 e. The third-order valence-electron chi connectivity index (χ3n) is 3.76. The molecule has 1 aliphatic rings. The molecule has 3 unspecified atom stereocenters. The van der Waals surface area contributed by atoms with Gasteiger partial charge in [-0.3, -0.25) is 0 Å². The maximum atomic E-state index is 6.06. The SMILES string of the molecule is CCCC(C)C(NC)C1Cc2ccccc2O1. The molecule has 0 aliphatic carbocycles. The third-order valence-corrected chi connectivity index (χ3v) is 3.76. The molecule has 94 valence electrons. The Hall–Kier alpha value is -1.02. The molecule has 0 aromatic heterocycles. The summed E-state index contributed by atoms with van der Waals surface area (Å²) >= 11 is 0. The van der Waals surface area contributed by atoms with Gasteiger partial charge in [-0.15, -0.1) is 0 Å². The van der Waals surface area contributed by atoms with Crippen molar-refractivity contribution in [3.8, 4) is 5.75 Å². The van der Waals surface area contributed by atoms with E-state index in [9.17, 15) is 0 Å². The maximum absolute atomic E-state index is 6.06. The Bertz CT molecular complexity index is 339. The number of fused-ring (bicyclic) bond motifs is 1. The summed E-state index contributed by atoms with van der Waals surface area (Å²) in [6.45, 7) is 4.56. The van der Waals surface area contributed by atoms with Crippen molar-refractivity contribution in [2.75, 3.05) is 7.05 Å². The van der Waals surface area contributed by atoms with Crippen molar-refractivity contribution in [1.29, 1.82) is 0 Å². The van der Waals surface area contributed by atoms with E-state index in [1.807, 2.05) is 13.1 Å². The Labute approximate surface area is 104 Å². The van der Waals surface area contributed by atoms with E-state index >= 15 is 0 Å². The van der Waals surface area contributed by atoms with Gasteiger partial charge in [0.25, 0.3) is 0 Å². The quantitative estimate of drug-likeness (QED) is 0.844. The van der Waals surface area contributed by atoms with Gasteiger partial charge in [-0.05, 0) is 31.0 Å². The predicted octanol–water partition coefficient (Wildman–Crippen LogP) is 3.01. The average Bonchev–Trinajstić information content (AvgIpc) is 2.73. The predicted molar refractivity (Wildman–Crippen MR) is 71.5 cm³/mol. The van der Waals surface area contributed by atoms with E-state index in [2.05, 4.69) is 37.4 Å². The minimum Gasteiger partial charge on any atom is -0.488 e. The zero-order valence-electron chi connectivity index (χ0n) is 11.1. The van der Waals surface area contributed by atoms with Gasteiger partial charge in [-0.25, -0.2) is 0 Å². The van der Waals surface area contributed by atoms with E-state index in [4.69, 9.17) is 4.74 Å². The number of hydrogen-bond donors (Lipinski definition) is 1. The minimum absolute atomic E-state index is 0.291. The van der Waals surface area contributed by atoms with E-state index in [-0.39, 0.29) is 0 Å². The normalized spacial score (nSPS) is 21.7. The molecule has 3 atom stereocenters. The Balaban J connectivity index is 2.05. The van der Waals surface area contributed by atoms with Crippen LogP contribution in [0.4, 0.5) is 0 Å². The summed E-state index contributed by atoms with van der Waals surface area (Å²) in [5.74, 6) is 1.73. The molecule has 0 saturated carbocycles. The van der Waals surface area contributed by atoms with Crippen LogP contribution in [0, 0.1) is 5.92 Å². The molecule has 1 aromatic rings. The van der Waals surface area contributed by atoms with Crippen molar-refractivity contribution in [3.63, 3.8) is 0 Å². The van der Waals surface area contributed by atoms with E-state index < -0.39 is 0 Å². The Morgan fingerprint density at radius 2 is 2.18 bits per heavy atom. The molecule has 0 fully saturated rings. The summed E-state index contributed by atoms with van der Waals surface area (Å²) in [7, 11) is 2.04.